The summed E-state index contributed by atoms with van der Waals surface area (Å²) in [7, 11) is 4.07. The van der Waals surface area contributed by atoms with Gasteiger partial charge < -0.3 is 16.0 Å². The van der Waals surface area contributed by atoms with Gasteiger partial charge in [0.2, 0.25) is 5.91 Å². The van der Waals surface area contributed by atoms with Gasteiger partial charge in [0.1, 0.15) is 0 Å². The van der Waals surface area contributed by atoms with Gasteiger partial charge in [-0.05, 0) is 39.4 Å². The molecule has 0 spiro atoms. The van der Waals surface area contributed by atoms with Gasteiger partial charge in [-0.15, -0.1) is 0 Å². The Morgan fingerprint density at radius 3 is 2.28 bits per heavy atom. The van der Waals surface area contributed by atoms with Gasteiger partial charge in [-0.25, -0.2) is 0 Å². The quantitative estimate of drug-likeness (QED) is 0.584. The number of carbonyl (C=O) groups excluding carboxylic acids is 1. The highest BCUT2D eigenvalue weighted by Gasteiger charge is 2.16. The molecular weight excluding hydrogens is 226 g/mol. The van der Waals surface area contributed by atoms with E-state index in [1.54, 1.807) is 0 Å². The molecule has 0 bridgehead atoms. The predicted octanol–water partition coefficient (Wildman–Crippen LogP) is 1.60. The van der Waals surface area contributed by atoms with E-state index >= 15 is 0 Å². The summed E-state index contributed by atoms with van der Waals surface area (Å²) >= 11 is 0. The number of hydrogen-bond acceptors (Lipinski definition) is 3. The number of nitrogens with zero attached hydrogens (tertiary/aromatic N) is 1. The molecule has 1 unspecified atom stereocenters. The molecule has 4 nitrogen and oxygen atoms in total. The highest BCUT2D eigenvalue weighted by molar-refractivity contribution is 5.76. The maximum absolute atomic E-state index is 11.8. The minimum Gasteiger partial charge on any atom is -0.352 e. The number of carbonyl (C=O) groups is 1. The van der Waals surface area contributed by atoms with Crippen LogP contribution in [-0.4, -0.2) is 44.0 Å². The zero-order chi connectivity index (χ0) is 14.0. The summed E-state index contributed by atoms with van der Waals surface area (Å²) < 4.78 is 0. The molecule has 0 fully saturated rings. The topological polar surface area (TPSA) is 58.4 Å². The van der Waals surface area contributed by atoms with Crippen molar-refractivity contribution in [3.63, 3.8) is 0 Å². The summed E-state index contributed by atoms with van der Waals surface area (Å²) in [6.45, 7) is 5.95. The summed E-state index contributed by atoms with van der Waals surface area (Å²) in [5.41, 5.74) is 5.43. The zero-order valence-electron chi connectivity index (χ0n) is 12.5. The van der Waals surface area contributed by atoms with Crippen LogP contribution in [0.15, 0.2) is 0 Å². The second kappa shape index (κ2) is 10.3. The summed E-state index contributed by atoms with van der Waals surface area (Å²) in [4.78, 5) is 13.9. The van der Waals surface area contributed by atoms with E-state index in [4.69, 9.17) is 5.73 Å². The molecule has 0 radical (unpaired) electrons. The predicted molar refractivity (Wildman–Crippen MR) is 77.5 cm³/mol. The van der Waals surface area contributed by atoms with Crippen LogP contribution in [0.2, 0.25) is 0 Å². The number of likely N-dealkylation sites (N-methyl/N-ethyl adjacent to an activating group) is 1. The number of nitrogens with one attached hydrogen (secondary N) is 1. The average Bonchev–Trinajstić information content (AvgIpc) is 2.27. The zero-order valence-corrected chi connectivity index (χ0v) is 12.5. The molecule has 108 valence electrons. The first kappa shape index (κ1) is 17.4. The van der Waals surface area contributed by atoms with E-state index in [-0.39, 0.29) is 11.9 Å². The fraction of sp³-hybridized carbons (Fsp3) is 0.929. The van der Waals surface area contributed by atoms with Gasteiger partial charge in [-0.1, -0.05) is 26.7 Å². The normalized spacial score (nSPS) is 13.1. The molecular formula is C14H31N3O. The van der Waals surface area contributed by atoms with E-state index in [9.17, 15) is 4.79 Å². The van der Waals surface area contributed by atoms with Crippen LogP contribution in [0, 0.1) is 5.92 Å². The lowest BCUT2D eigenvalue weighted by Gasteiger charge is -2.25. The van der Waals surface area contributed by atoms with E-state index in [0.29, 0.717) is 12.3 Å². The lowest BCUT2D eigenvalue weighted by molar-refractivity contribution is -0.122. The Labute approximate surface area is 112 Å². The highest BCUT2D eigenvalue weighted by Crippen LogP contribution is 2.06. The third kappa shape index (κ3) is 9.42. The van der Waals surface area contributed by atoms with Crippen molar-refractivity contribution in [1.82, 2.24) is 10.2 Å². The molecule has 18 heavy (non-hydrogen) atoms. The average molecular weight is 257 g/mol. The smallest absolute Gasteiger partial charge is 0.220 e. The fourth-order valence-corrected chi connectivity index (χ4v) is 1.88. The van der Waals surface area contributed by atoms with E-state index in [0.717, 1.165) is 38.8 Å². The van der Waals surface area contributed by atoms with Gasteiger partial charge in [0.05, 0.1) is 0 Å². The summed E-state index contributed by atoms with van der Waals surface area (Å²) in [6, 6.07) is 0.247. The second-order valence-electron chi connectivity index (χ2n) is 5.63. The molecule has 1 amide bonds. The first-order chi connectivity index (χ1) is 8.47. The van der Waals surface area contributed by atoms with E-state index in [1.165, 1.54) is 0 Å². The molecule has 0 aromatic carbocycles. The van der Waals surface area contributed by atoms with Crippen molar-refractivity contribution in [2.24, 2.45) is 11.7 Å². The van der Waals surface area contributed by atoms with E-state index in [2.05, 4.69) is 24.1 Å². The van der Waals surface area contributed by atoms with Crippen molar-refractivity contribution in [2.45, 2.75) is 52.0 Å². The van der Waals surface area contributed by atoms with Gasteiger partial charge in [0.15, 0.2) is 0 Å². The fourth-order valence-electron chi connectivity index (χ4n) is 1.88. The number of rotatable bonds is 10. The largest absolute Gasteiger partial charge is 0.352 e. The molecule has 0 aliphatic carbocycles. The van der Waals surface area contributed by atoms with Gasteiger partial charge in [-0.2, -0.15) is 0 Å². The van der Waals surface area contributed by atoms with E-state index in [1.807, 2.05) is 14.1 Å². The standard InChI is InChI=1S/C14H31N3O/c1-12(2)13(11-17(3)4)16-14(18)9-7-5-6-8-10-15/h12-13H,5-11,15H2,1-4H3,(H,16,18). The van der Waals surface area contributed by atoms with Crippen molar-refractivity contribution in [1.29, 1.82) is 0 Å². The molecule has 4 heteroatoms. The Bertz CT molecular complexity index is 217. The highest BCUT2D eigenvalue weighted by atomic mass is 16.1. The summed E-state index contributed by atoms with van der Waals surface area (Å²) in [6.07, 6.45) is 4.91. The Hall–Kier alpha value is -0.610. The van der Waals surface area contributed by atoms with Gasteiger partial charge in [0.25, 0.3) is 0 Å². The summed E-state index contributed by atoms with van der Waals surface area (Å²) in [5, 5.41) is 3.13. The third-order valence-electron chi connectivity index (χ3n) is 3.07. The van der Waals surface area contributed by atoms with Crippen LogP contribution < -0.4 is 11.1 Å². The Morgan fingerprint density at radius 2 is 1.78 bits per heavy atom. The van der Waals surface area contributed by atoms with Crippen molar-refractivity contribution >= 4 is 5.91 Å². The minimum atomic E-state index is 0.184. The van der Waals surface area contributed by atoms with Crippen LogP contribution in [0.25, 0.3) is 0 Å². The Morgan fingerprint density at radius 1 is 1.17 bits per heavy atom. The number of amides is 1. The molecule has 3 N–H and O–H groups in total. The van der Waals surface area contributed by atoms with Crippen LogP contribution in [0.4, 0.5) is 0 Å². The van der Waals surface area contributed by atoms with Crippen LogP contribution in [-0.2, 0) is 4.79 Å². The lowest BCUT2D eigenvalue weighted by atomic mass is 10.0. The monoisotopic (exact) mass is 257 g/mol. The lowest BCUT2D eigenvalue weighted by Crippen LogP contribution is -2.44. The van der Waals surface area contributed by atoms with Gasteiger partial charge in [-0.3, -0.25) is 4.79 Å². The van der Waals surface area contributed by atoms with Crippen molar-refractivity contribution in [2.75, 3.05) is 27.2 Å². The number of nitrogens with two attached hydrogens (primary N) is 1. The van der Waals surface area contributed by atoms with Gasteiger partial charge >= 0.3 is 0 Å². The SMILES string of the molecule is CC(C)C(CN(C)C)NC(=O)CCCCCCN. The molecule has 0 rings (SSSR count). The molecule has 0 saturated heterocycles. The summed E-state index contributed by atoms with van der Waals surface area (Å²) in [5.74, 6) is 0.650. The Balaban J connectivity index is 3.81. The number of unbranched alkanes of at least 4 members (excludes halogenated alkanes) is 3. The molecule has 0 aliphatic rings. The molecule has 0 aliphatic heterocycles. The van der Waals surface area contributed by atoms with Crippen LogP contribution in [0.3, 0.4) is 0 Å². The van der Waals surface area contributed by atoms with Crippen LogP contribution in [0.1, 0.15) is 46.0 Å². The van der Waals surface area contributed by atoms with Crippen molar-refractivity contribution in [3.8, 4) is 0 Å². The first-order valence-electron chi connectivity index (χ1n) is 7.11. The van der Waals surface area contributed by atoms with Crippen LogP contribution >= 0.6 is 0 Å². The second-order valence-corrected chi connectivity index (χ2v) is 5.63. The molecule has 0 aromatic heterocycles. The molecule has 0 saturated carbocycles. The Kier molecular flexibility index (Phi) is 9.98. The minimum absolute atomic E-state index is 0.184. The van der Waals surface area contributed by atoms with E-state index < -0.39 is 0 Å². The molecule has 1 atom stereocenters. The number of hydrogen-bond donors (Lipinski definition) is 2. The first-order valence-corrected chi connectivity index (χ1v) is 7.11. The molecule has 0 heterocycles. The molecule has 0 aromatic rings. The van der Waals surface area contributed by atoms with Gasteiger partial charge in [0, 0.05) is 19.0 Å². The van der Waals surface area contributed by atoms with Crippen molar-refractivity contribution < 1.29 is 4.79 Å². The maximum atomic E-state index is 11.8. The van der Waals surface area contributed by atoms with Crippen LogP contribution in [0.5, 0.6) is 0 Å². The maximum Gasteiger partial charge on any atom is 0.220 e. The van der Waals surface area contributed by atoms with Crippen molar-refractivity contribution in [3.05, 3.63) is 0 Å². The third-order valence-corrected chi connectivity index (χ3v) is 3.07.